The fourth-order valence-corrected chi connectivity index (χ4v) is 1.36. The van der Waals surface area contributed by atoms with Gasteiger partial charge in [-0.05, 0) is 17.7 Å². The molecule has 1 atom stereocenters. The van der Waals surface area contributed by atoms with Crippen molar-refractivity contribution >= 4 is 17.5 Å². The maximum atomic E-state index is 12.8. The molecular weight excluding hydrogens is 205 g/mol. The number of likely N-dealkylation sites (N-methyl/N-ethyl adjacent to an activating group) is 1. The number of carbonyl (C=O) groups excluding carboxylic acids is 1. The summed E-state index contributed by atoms with van der Waals surface area (Å²) in [4.78, 5) is 12.8. The Kier molecular flexibility index (Phi) is 3.47. The van der Waals surface area contributed by atoms with E-state index >= 15 is 0 Å². The molecule has 1 unspecified atom stereocenters. The van der Waals surface area contributed by atoms with E-state index in [1.807, 2.05) is 0 Å². The van der Waals surface area contributed by atoms with E-state index in [9.17, 15) is 9.18 Å². The molecule has 0 aliphatic carbocycles. The summed E-state index contributed by atoms with van der Waals surface area (Å²) in [6.07, 6.45) is 0. The lowest BCUT2D eigenvalue weighted by Gasteiger charge is -2.15. The van der Waals surface area contributed by atoms with Crippen molar-refractivity contribution in [2.24, 2.45) is 0 Å². The Labute approximate surface area is 87.3 Å². The highest BCUT2D eigenvalue weighted by atomic mass is 35.5. The van der Waals surface area contributed by atoms with Gasteiger partial charge in [-0.2, -0.15) is 0 Å². The van der Waals surface area contributed by atoms with Gasteiger partial charge in [-0.25, -0.2) is 4.39 Å². The Morgan fingerprint density at radius 3 is 2.64 bits per heavy atom. The minimum absolute atomic E-state index is 0.253. The normalized spacial score (nSPS) is 12.3. The summed E-state index contributed by atoms with van der Waals surface area (Å²) in [5.41, 5.74) is 0.477. The Morgan fingerprint density at radius 2 is 2.14 bits per heavy atom. The summed E-state index contributed by atoms with van der Waals surface area (Å²) in [7, 11) is 3.22. The Hall–Kier alpha value is -1.09. The number of carbonyl (C=O) groups is 1. The lowest BCUT2D eigenvalue weighted by Crippen LogP contribution is -2.25. The highest BCUT2D eigenvalue weighted by Gasteiger charge is 2.19. The van der Waals surface area contributed by atoms with Crippen LogP contribution in [0.3, 0.4) is 0 Å². The molecule has 1 amide bonds. The molecule has 76 valence electrons. The Balaban J connectivity index is 2.89. The average Bonchev–Trinajstić information content (AvgIpc) is 2.15. The van der Waals surface area contributed by atoms with Crippen LogP contribution in [-0.2, 0) is 4.79 Å². The summed E-state index contributed by atoms with van der Waals surface area (Å²) < 4.78 is 12.8. The van der Waals surface area contributed by atoms with E-state index in [1.165, 1.54) is 23.1 Å². The quantitative estimate of drug-likeness (QED) is 0.693. The minimum Gasteiger partial charge on any atom is -0.347 e. The van der Waals surface area contributed by atoms with E-state index in [0.717, 1.165) is 0 Å². The number of hydrogen-bond acceptors (Lipinski definition) is 1. The summed E-state index contributed by atoms with van der Waals surface area (Å²) in [6, 6.07) is 5.73. The van der Waals surface area contributed by atoms with Crippen molar-refractivity contribution in [3.63, 3.8) is 0 Å². The zero-order chi connectivity index (χ0) is 10.7. The van der Waals surface area contributed by atoms with Gasteiger partial charge in [0.05, 0.1) is 0 Å². The molecule has 0 fully saturated rings. The average molecular weight is 216 g/mol. The summed E-state index contributed by atoms with van der Waals surface area (Å²) in [5, 5.41) is -0.819. The van der Waals surface area contributed by atoms with Crippen LogP contribution in [0.1, 0.15) is 10.9 Å². The van der Waals surface area contributed by atoms with Gasteiger partial charge >= 0.3 is 0 Å². The Morgan fingerprint density at radius 1 is 1.50 bits per heavy atom. The van der Waals surface area contributed by atoms with Gasteiger partial charge in [0.15, 0.2) is 0 Å². The molecule has 0 bridgehead atoms. The largest absolute Gasteiger partial charge is 0.347 e. The topological polar surface area (TPSA) is 20.3 Å². The molecule has 0 aliphatic rings. The molecule has 0 heterocycles. The number of amides is 1. The van der Waals surface area contributed by atoms with Crippen LogP contribution < -0.4 is 0 Å². The van der Waals surface area contributed by atoms with Gasteiger partial charge in [0, 0.05) is 14.1 Å². The SMILES string of the molecule is CN(C)C(=O)C(Cl)c1cccc(F)c1. The third-order valence-corrected chi connectivity index (χ3v) is 2.24. The minimum atomic E-state index is -0.819. The number of benzene rings is 1. The van der Waals surface area contributed by atoms with Crippen molar-refractivity contribution in [3.8, 4) is 0 Å². The van der Waals surface area contributed by atoms with E-state index in [0.29, 0.717) is 5.56 Å². The third kappa shape index (κ3) is 2.45. The first-order valence-corrected chi connectivity index (χ1v) is 4.56. The highest BCUT2D eigenvalue weighted by molar-refractivity contribution is 6.30. The smallest absolute Gasteiger partial charge is 0.244 e. The summed E-state index contributed by atoms with van der Waals surface area (Å²) in [6.45, 7) is 0. The molecule has 0 saturated carbocycles. The molecule has 0 N–H and O–H groups in total. The van der Waals surface area contributed by atoms with E-state index < -0.39 is 5.38 Å². The van der Waals surface area contributed by atoms with Crippen molar-refractivity contribution in [1.29, 1.82) is 0 Å². The highest BCUT2D eigenvalue weighted by Crippen LogP contribution is 2.22. The van der Waals surface area contributed by atoms with E-state index in [2.05, 4.69) is 0 Å². The van der Waals surface area contributed by atoms with Crippen molar-refractivity contribution in [3.05, 3.63) is 35.6 Å². The van der Waals surface area contributed by atoms with Gasteiger partial charge in [0.1, 0.15) is 11.2 Å². The van der Waals surface area contributed by atoms with Crippen LogP contribution in [0.25, 0.3) is 0 Å². The van der Waals surface area contributed by atoms with E-state index in [4.69, 9.17) is 11.6 Å². The van der Waals surface area contributed by atoms with Crippen LogP contribution >= 0.6 is 11.6 Å². The second-order valence-corrected chi connectivity index (χ2v) is 3.59. The van der Waals surface area contributed by atoms with Crippen molar-refractivity contribution in [2.75, 3.05) is 14.1 Å². The monoisotopic (exact) mass is 215 g/mol. The molecular formula is C10H11ClFNO. The van der Waals surface area contributed by atoms with E-state index in [1.54, 1.807) is 20.2 Å². The first-order chi connectivity index (χ1) is 6.52. The molecule has 0 radical (unpaired) electrons. The number of hydrogen-bond donors (Lipinski definition) is 0. The fraction of sp³-hybridized carbons (Fsp3) is 0.300. The number of halogens is 2. The maximum absolute atomic E-state index is 12.8. The van der Waals surface area contributed by atoms with Crippen molar-refractivity contribution < 1.29 is 9.18 Å². The first-order valence-electron chi connectivity index (χ1n) is 4.13. The molecule has 1 aromatic carbocycles. The molecule has 1 aromatic rings. The van der Waals surface area contributed by atoms with Crippen molar-refractivity contribution in [2.45, 2.75) is 5.38 Å². The molecule has 0 aliphatic heterocycles. The molecule has 1 rings (SSSR count). The predicted molar refractivity (Wildman–Crippen MR) is 53.7 cm³/mol. The van der Waals surface area contributed by atoms with Crippen molar-refractivity contribution in [1.82, 2.24) is 4.90 Å². The zero-order valence-electron chi connectivity index (χ0n) is 8.00. The Bertz CT molecular complexity index is 341. The van der Waals surface area contributed by atoms with Gasteiger partial charge in [0.2, 0.25) is 5.91 Å². The molecule has 0 saturated heterocycles. The van der Waals surface area contributed by atoms with Crippen LogP contribution in [0.5, 0.6) is 0 Å². The van der Waals surface area contributed by atoms with Crippen LogP contribution in [0, 0.1) is 5.82 Å². The van der Waals surface area contributed by atoms with Gasteiger partial charge in [-0.1, -0.05) is 12.1 Å². The van der Waals surface area contributed by atoms with Crippen LogP contribution in [0.2, 0.25) is 0 Å². The van der Waals surface area contributed by atoms with Crippen LogP contribution in [0.4, 0.5) is 4.39 Å². The van der Waals surface area contributed by atoms with Gasteiger partial charge < -0.3 is 4.90 Å². The molecule has 0 aromatic heterocycles. The second kappa shape index (κ2) is 4.42. The number of alkyl halides is 1. The summed E-state index contributed by atoms with van der Waals surface area (Å²) in [5.74, 6) is -0.642. The van der Waals surface area contributed by atoms with Crippen LogP contribution in [-0.4, -0.2) is 24.9 Å². The fourth-order valence-electron chi connectivity index (χ4n) is 1.03. The predicted octanol–water partition coefficient (Wildman–Crippen LogP) is 2.19. The molecule has 2 nitrogen and oxygen atoms in total. The molecule has 0 spiro atoms. The molecule has 4 heteroatoms. The van der Waals surface area contributed by atoms with E-state index in [-0.39, 0.29) is 11.7 Å². The standard InChI is InChI=1S/C10H11ClFNO/c1-13(2)10(14)9(11)7-4-3-5-8(12)6-7/h3-6,9H,1-2H3. The maximum Gasteiger partial charge on any atom is 0.244 e. The van der Waals surface area contributed by atoms with Gasteiger partial charge in [-0.15, -0.1) is 11.6 Å². The molecule has 14 heavy (non-hydrogen) atoms. The third-order valence-electron chi connectivity index (χ3n) is 1.80. The second-order valence-electron chi connectivity index (χ2n) is 3.15. The van der Waals surface area contributed by atoms with Crippen LogP contribution in [0.15, 0.2) is 24.3 Å². The van der Waals surface area contributed by atoms with Gasteiger partial charge in [0.25, 0.3) is 0 Å². The van der Waals surface area contributed by atoms with Gasteiger partial charge in [-0.3, -0.25) is 4.79 Å². The lowest BCUT2D eigenvalue weighted by molar-refractivity contribution is -0.128. The summed E-state index contributed by atoms with van der Waals surface area (Å²) >= 11 is 5.87. The number of rotatable bonds is 2. The zero-order valence-corrected chi connectivity index (χ0v) is 8.75. The lowest BCUT2D eigenvalue weighted by atomic mass is 10.1. The first kappa shape index (κ1) is 11.0. The number of nitrogens with zero attached hydrogens (tertiary/aromatic N) is 1.